The number of H-pyrrole nitrogens is 1. The molecule has 20 heavy (non-hydrogen) atoms. The number of aromatic amines is 1. The Morgan fingerprint density at radius 2 is 2.10 bits per heavy atom. The van der Waals surface area contributed by atoms with Crippen LogP contribution in [0.1, 0.15) is 51.3 Å². The molecule has 1 aliphatic heterocycles. The first kappa shape index (κ1) is 15.0. The van der Waals surface area contributed by atoms with Crippen molar-refractivity contribution in [3.8, 4) is 0 Å². The van der Waals surface area contributed by atoms with Crippen LogP contribution in [0, 0.1) is 5.41 Å². The van der Waals surface area contributed by atoms with Crippen LogP contribution in [0.25, 0.3) is 0 Å². The van der Waals surface area contributed by atoms with E-state index in [4.69, 9.17) is 5.73 Å². The molecule has 112 valence electrons. The van der Waals surface area contributed by atoms with Crippen LogP contribution in [0.15, 0.2) is 12.4 Å². The Hall–Kier alpha value is -1.36. The molecule has 1 fully saturated rings. The molecule has 5 heteroatoms. The number of rotatable bonds is 5. The van der Waals surface area contributed by atoms with Crippen molar-refractivity contribution in [2.75, 3.05) is 19.6 Å². The van der Waals surface area contributed by atoms with Crippen molar-refractivity contribution in [1.82, 2.24) is 14.9 Å². The molecule has 0 radical (unpaired) electrons. The standard InChI is InChI=1S/C15H26N4O/c1-3-15(4-2,11-16)14(20)19-9-5-12(6-10-19)13-17-7-8-18-13/h7-8,12H,3-6,9-11,16H2,1-2H3,(H,17,18). The first-order valence-corrected chi connectivity index (χ1v) is 7.65. The number of carbonyl (C=O) groups excluding carboxylic acids is 1. The second kappa shape index (κ2) is 6.39. The normalized spacial score (nSPS) is 17.4. The van der Waals surface area contributed by atoms with E-state index >= 15 is 0 Å². The number of hydrogen-bond acceptors (Lipinski definition) is 3. The summed E-state index contributed by atoms with van der Waals surface area (Å²) in [5.74, 6) is 1.74. The number of likely N-dealkylation sites (tertiary alicyclic amines) is 1. The number of nitrogens with zero attached hydrogens (tertiary/aromatic N) is 2. The summed E-state index contributed by atoms with van der Waals surface area (Å²) in [4.78, 5) is 22.2. The molecule has 0 bridgehead atoms. The van der Waals surface area contributed by atoms with Gasteiger partial charge in [-0.15, -0.1) is 0 Å². The first-order valence-electron chi connectivity index (χ1n) is 7.65. The SMILES string of the molecule is CCC(CC)(CN)C(=O)N1CCC(c2ncc[nH]2)CC1. The van der Waals surface area contributed by atoms with Gasteiger partial charge in [-0.3, -0.25) is 4.79 Å². The lowest BCUT2D eigenvalue weighted by Gasteiger charge is -2.38. The monoisotopic (exact) mass is 278 g/mol. The molecular weight excluding hydrogens is 252 g/mol. The minimum Gasteiger partial charge on any atom is -0.348 e. The Kier molecular flexibility index (Phi) is 4.81. The Balaban J connectivity index is 1.98. The smallest absolute Gasteiger partial charge is 0.230 e. The van der Waals surface area contributed by atoms with Crippen LogP contribution in [0.4, 0.5) is 0 Å². The van der Waals surface area contributed by atoms with Gasteiger partial charge in [-0.05, 0) is 25.7 Å². The number of aromatic nitrogens is 2. The molecule has 0 saturated carbocycles. The van der Waals surface area contributed by atoms with Crippen LogP contribution in [-0.4, -0.2) is 40.4 Å². The molecule has 0 aliphatic carbocycles. The maximum Gasteiger partial charge on any atom is 0.230 e. The third-order valence-corrected chi connectivity index (χ3v) is 4.89. The Labute approximate surface area is 120 Å². The van der Waals surface area contributed by atoms with Gasteiger partial charge in [0.05, 0.1) is 5.41 Å². The largest absolute Gasteiger partial charge is 0.348 e. The fraction of sp³-hybridized carbons (Fsp3) is 0.733. The molecule has 2 heterocycles. The molecule has 3 N–H and O–H groups in total. The highest BCUT2D eigenvalue weighted by Crippen LogP contribution is 2.32. The van der Waals surface area contributed by atoms with E-state index < -0.39 is 0 Å². The molecule has 1 aliphatic rings. The highest BCUT2D eigenvalue weighted by atomic mass is 16.2. The van der Waals surface area contributed by atoms with Gasteiger partial charge in [-0.25, -0.2) is 4.98 Å². The Bertz CT molecular complexity index is 409. The molecule has 1 saturated heterocycles. The summed E-state index contributed by atoms with van der Waals surface area (Å²) in [6.07, 6.45) is 7.25. The molecule has 1 amide bonds. The van der Waals surface area contributed by atoms with Crippen molar-refractivity contribution >= 4 is 5.91 Å². The van der Waals surface area contributed by atoms with Gasteiger partial charge >= 0.3 is 0 Å². The van der Waals surface area contributed by atoms with Crippen molar-refractivity contribution in [1.29, 1.82) is 0 Å². The molecule has 0 aromatic carbocycles. The van der Waals surface area contributed by atoms with Crippen LogP contribution >= 0.6 is 0 Å². The molecule has 1 aromatic heterocycles. The first-order chi connectivity index (χ1) is 9.66. The zero-order valence-corrected chi connectivity index (χ0v) is 12.6. The number of imidazole rings is 1. The molecule has 2 rings (SSSR count). The summed E-state index contributed by atoms with van der Waals surface area (Å²) >= 11 is 0. The summed E-state index contributed by atoms with van der Waals surface area (Å²) in [5, 5.41) is 0. The third-order valence-electron chi connectivity index (χ3n) is 4.89. The predicted molar refractivity (Wildman–Crippen MR) is 79.2 cm³/mol. The van der Waals surface area contributed by atoms with E-state index in [2.05, 4.69) is 23.8 Å². The van der Waals surface area contributed by atoms with Crippen molar-refractivity contribution in [2.24, 2.45) is 11.1 Å². The topological polar surface area (TPSA) is 75.0 Å². The number of nitrogens with two attached hydrogens (primary N) is 1. The molecular formula is C15H26N4O. The zero-order valence-electron chi connectivity index (χ0n) is 12.6. The van der Waals surface area contributed by atoms with Gasteiger partial charge in [0.25, 0.3) is 0 Å². The van der Waals surface area contributed by atoms with E-state index in [-0.39, 0.29) is 11.3 Å². The van der Waals surface area contributed by atoms with E-state index in [1.165, 1.54) is 0 Å². The minimum atomic E-state index is -0.364. The highest BCUT2D eigenvalue weighted by molar-refractivity contribution is 5.83. The average molecular weight is 278 g/mol. The van der Waals surface area contributed by atoms with Crippen molar-refractivity contribution < 1.29 is 4.79 Å². The maximum atomic E-state index is 12.7. The molecule has 0 unspecified atom stereocenters. The lowest BCUT2D eigenvalue weighted by Crippen LogP contribution is -2.49. The second-order valence-corrected chi connectivity index (χ2v) is 5.73. The minimum absolute atomic E-state index is 0.239. The van der Waals surface area contributed by atoms with Crippen LogP contribution in [0.2, 0.25) is 0 Å². The van der Waals surface area contributed by atoms with Crippen molar-refractivity contribution in [3.63, 3.8) is 0 Å². The van der Waals surface area contributed by atoms with Gasteiger partial charge in [0.2, 0.25) is 5.91 Å². The van der Waals surface area contributed by atoms with E-state index in [1.54, 1.807) is 6.20 Å². The van der Waals surface area contributed by atoms with Crippen LogP contribution in [0.3, 0.4) is 0 Å². The fourth-order valence-electron chi connectivity index (χ4n) is 3.12. The van der Waals surface area contributed by atoms with E-state index in [1.807, 2.05) is 11.1 Å². The van der Waals surface area contributed by atoms with Crippen LogP contribution in [0.5, 0.6) is 0 Å². The average Bonchev–Trinajstić information content (AvgIpc) is 3.04. The van der Waals surface area contributed by atoms with Gasteiger partial charge in [0.1, 0.15) is 5.82 Å². The fourth-order valence-corrected chi connectivity index (χ4v) is 3.12. The third kappa shape index (κ3) is 2.73. The predicted octanol–water partition coefficient (Wildman–Crippen LogP) is 1.88. The molecule has 1 aromatic rings. The molecule has 0 spiro atoms. The quantitative estimate of drug-likeness (QED) is 0.863. The number of hydrogen-bond donors (Lipinski definition) is 2. The van der Waals surface area contributed by atoms with E-state index in [9.17, 15) is 4.79 Å². The summed E-state index contributed by atoms with van der Waals surface area (Å²) in [6.45, 7) is 6.18. The van der Waals surface area contributed by atoms with Gasteiger partial charge in [0.15, 0.2) is 0 Å². The van der Waals surface area contributed by atoms with Crippen molar-refractivity contribution in [3.05, 3.63) is 18.2 Å². The molecule has 5 nitrogen and oxygen atoms in total. The van der Waals surface area contributed by atoms with E-state index in [0.29, 0.717) is 12.5 Å². The number of amides is 1. The summed E-state index contributed by atoms with van der Waals surface area (Å²) in [6, 6.07) is 0. The summed E-state index contributed by atoms with van der Waals surface area (Å²) in [7, 11) is 0. The summed E-state index contributed by atoms with van der Waals surface area (Å²) < 4.78 is 0. The second-order valence-electron chi connectivity index (χ2n) is 5.73. The summed E-state index contributed by atoms with van der Waals surface area (Å²) in [5.41, 5.74) is 5.51. The van der Waals surface area contributed by atoms with Crippen LogP contribution < -0.4 is 5.73 Å². The zero-order chi connectivity index (χ0) is 14.6. The van der Waals surface area contributed by atoms with Gasteiger partial charge in [-0.2, -0.15) is 0 Å². The number of nitrogens with one attached hydrogen (secondary N) is 1. The lowest BCUT2D eigenvalue weighted by atomic mass is 9.80. The van der Waals surface area contributed by atoms with Gasteiger partial charge in [0, 0.05) is 37.9 Å². The van der Waals surface area contributed by atoms with Gasteiger partial charge < -0.3 is 15.6 Å². The van der Waals surface area contributed by atoms with E-state index in [0.717, 1.165) is 44.6 Å². The molecule has 0 atom stereocenters. The Morgan fingerprint density at radius 3 is 2.55 bits per heavy atom. The van der Waals surface area contributed by atoms with Crippen LogP contribution in [-0.2, 0) is 4.79 Å². The van der Waals surface area contributed by atoms with Gasteiger partial charge in [-0.1, -0.05) is 13.8 Å². The number of carbonyl (C=O) groups is 1. The highest BCUT2D eigenvalue weighted by Gasteiger charge is 2.38. The number of piperidine rings is 1. The lowest BCUT2D eigenvalue weighted by molar-refractivity contribution is -0.143. The van der Waals surface area contributed by atoms with Crippen molar-refractivity contribution in [2.45, 2.75) is 45.4 Å². The maximum absolute atomic E-state index is 12.7. The Morgan fingerprint density at radius 1 is 1.45 bits per heavy atom.